The van der Waals surface area contributed by atoms with Crippen molar-refractivity contribution in [3.8, 4) is 0 Å². The molecule has 0 aromatic rings. The van der Waals surface area contributed by atoms with Gasteiger partial charge in [-0.05, 0) is 12.8 Å². The molecule has 0 rings (SSSR count). The topological polar surface area (TPSA) is 96.2 Å². The van der Waals surface area contributed by atoms with Gasteiger partial charge < -0.3 is 24.8 Å². The van der Waals surface area contributed by atoms with Gasteiger partial charge in [0.05, 0.1) is 6.61 Å². The lowest BCUT2D eigenvalue weighted by Gasteiger charge is -2.24. The Bertz CT molecular complexity index is 367. The van der Waals surface area contributed by atoms with E-state index < -0.39 is 18.0 Å². The fourth-order valence-electron chi connectivity index (χ4n) is 3.26. The molecular formula is C23H46O6. The Morgan fingerprint density at radius 3 is 1.45 bits per heavy atom. The maximum atomic E-state index is 12.0. The van der Waals surface area contributed by atoms with E-state index in [2.05, 4.69) is 13.8 Å². The lowest BCUT2D eigenvalue weighted by Crippen LogP contribution is -2.49. The largest absolute Gasteiger partial charge is 0.464 e. The number of ether oxygens (including phenoxy) is 2. The molecule has 0 bridgehead atoms. The van der Waals surface area contributed by atoms with Gasteiger partial charge in [-0.2, -0.15) is 0 Å². The van der Waals surface area contributed by atoms with Crippen LogP contribution in [0.25, 0.3) is 0 Å². The standard InChI is InChI=1S/C23H46O6/c1-3-5-7-9-11-13-15-17-19-28-21(23(25,26)27)22(24)29-20-18-16-14-12-10-8-6-4-2/h21,25-27H,3-20H2,1-2H3. The summed E-state index contributed by atoms with van der Waals surface area (Å²) >= 11 is 0. The first-order valence-electron chi connectivity index (χ1n) is 11.9. The molecule has 0 aromatic heterocycles. The molecule has 0 saturated carbocycles. The number of aliphatic hydroxyl groups is 3. The summed E-state index contributed by atoms with van der Waals surface area (Å²) in [7, 11) is 0. The molecule has 1 atom stereocenters. The van der Waals surface area contributed by atoms with E-state index in [4.69, 9.17) is 9.47 Å². The Hall–Kier alpha value is -0.690. The second-order valence-electron chi connectivity index (χ2n) is 8.06. The molecule has 0 heterocycles. The van der Waals surface area contributed by atoms with Crippen molar-refractivity contribution in [3.63, 3.8) is 0 Å². The quantitative estimate of drug-likeness (QED) is 0.140. The molecule has 0 aromatic carbocycles. The predicted octanol–water partition coefficient (Wildman–Crippen LogP) is 4.83. The van der Waals surface area contributed by atoms with E-state index in [1.165, 1.54) is 64.2 Å². The van der Waals surface area contributed by atoms with Gasteiger partial charge in [0, 0.05) is 6.61 Å². The predicted molar refractivity (Wildman–Crippen MR) is 115 cm³/mol. The number of rotatable bonds is 21. The molecule has 0 aliphatic heterocycles. The van der Waals surface area contributed by atoms with E-state index in [-0.39, 0.29) is 13.2 Å². The molecule has 6 nitrogen and oxygen atoms in total. The van der Waals surface area contributed by atoms with Gasteiger partial charge in [-0.25, -0.2) is 4.79 Å². The second-order valence-corrected chi connectivity index (χ2v) is 8.06. The van der Waals surface area contributed by atoms with Crippen molar-refractivity contribution < 1.29 is 29.6 Å². The van der Waals surface area contributed by atoms with Crippen LogP contribution in [-0.4, -0.2) is 46.6 Å². The highest BCUT2D eigenvalue weighted by molar-refractivity contribution is 5.75. The van der Waals surface area contributed by atoms with Crippen LogP contribution in [-0.2, 0) is 14.3 Å². The van der Waals surface area contributed by atoms with Crippen LogP contribution in [0.4, 0.5) is 0 Å². The van der Waals surface area contributed by atoms with Gasteiger partial charge in [0.25, 0.3) is 0 Å². The van der Waals surface area contributed by atoms with Crippen molar-refractivity contribution in [1.82, 2.24) is 0 Å². The Kier molecular flexibility index (Phi) is 18.8. The highest BCUT2D eigenvalue weighted by Crippen LogP contribution is 2.13. The summed E-state index contributed by atoms with van der Waals surface area (Å²) in [5.41, 5.74) is 0. The van der Waals surface area contributed by atoms with Crippen LogP contribution in [0.15, 0.2) is 0 Å². The Balaban J connectivity index is 3.84. The maximum absolute atomic E-state index is 12.0. The van der Waals surface area contributed by atoms with Crippen LogP contribution in [0.5, 0.6) is 0 Å². The number of unbranched alkanes of at least 4 members (excludes halogenated alkanes) is 14. The SMILES string of the molecule is CCCCCCCCCCOC(=O)C(OCCCCCCCCCC)C(O)(O)O. The second kappa shape index (κ2) is 19.3. The molecule has 0 aliphatic rings. The van der Waals surface area contributed by atoms with Gasteiger partial charge >= 0.3 is 11.9 Å². The van der Waals surface area contributed by atoms with E-state index in [9.17, 15) is 20.1 Å². The highest BCUT2D eigenvalue weighted by Gasteiger charge is 2.40. The van der Waals surface area contributed by atoms with Gasteiger partial charge in [-0.1, -0.05) is 104 Å². The van der Waals surface area contributed by atoms with Crippen molar-refractivity contribution in [2.75, 3.05) is 13.2 Å². The van der Waals surface area contributed by atoms with E-state index in [1.54, 1.807) is 0 Å². The third kappa shape index (κ3) is 17.8. The summed E-state index contributed by atoms with van der Waals surface area (Å²) in [4.78, 5) is 12.0. The smallest absolute Gasteiger partial charge is 0.343 e. The molecule has 6 heteroatoms. The third-order valence-corrected chi connectivity index (χ3v) is 5.09. The molecular weight excluding hydrogens is 372 g/mol. The van der Waals surface area contributed by atoms with E-state index in [1.807, 2.05) is 0 Å². The molecule has 29 heavy (non-hydrogen) atoms. The van der Waals surface area contributed by atoms with Crippen molar-refractivity contribution in [2.45, 2.75) is 129 Å². The Morgan fingerprint density at radius 2 is 1.03 bits per heavy atom. The van der Waals surface area contributed by atoms with E-state index in [0.29, 0.717) is 6.42 Å². The monoisotopic (exact) mass is 418 g/mol. The minimum atomic E-state index is -3.23. The van der Waals surface area contributed by atoms with Crippen LogP contribution in [0.3, 0.4) is 0 Å². The number of carbonyl (C=O) groups excluding carboxylic acids is 1. The lowest BCUT2D eigenvalue weighted by atomic mass is 10.1. The summed E-state index contributed by atoms with van der Waals surface area (Å²) in [6.45, 7) is 4.76. The lowest BCUT2D eigenvalue weighted by molar-refractivity contribution is -0.355. The van der Waals surface area contributed by atoms with Crippen molar-refractivity contribution in [2.24, 2.45) is 0 Å². The highest BCUT2D eigenvalue weighted by atomic mass is 16.7. The van der Waals surface area contributed by atoms with Crippen LogP contribution >= 0.6 is 0 Å². The summed E-state index contributed by atoms with van der Waals surface area (Å²) in [6, 6.07) is 0. The van der Waals surface area contributed by atoms with Crippen molar-refractivity contribution in [1.29, 1.82) is 0 Å². The molecule has 0 saturated heterocycles. The first-order chi connectivity index (χ1) is 13.9. The molecule has 174 valence electrons. The summed E-state index contributed by atoms with van der Waals surface area (Å²) < 4.78 is 10.3. The minimum Gasteiger partial charge on any atom is -0.464 e. The van der Waals surface area contributed by atoms with Gasteiger partial charge in [-0.3, -0.25) is 0 Å². The fourth-order valence-corrected chi connectivity index (χ4v) is 3.26. The van der Waals surface area contributed by atoms with E-state index in [0.717, 1.165) is 32.1 Å². The zero-order valence-electron chi connectivity index (χ0n) is 18.9. The zero-order chi connectivity index (χ0) is 21.8. The molecule has 0 fully saturated rings. The average Bonchev–Trinajstić information content (AvgIpc) is 2.67. The Morgan fingerprint density at radius 1 is 0.655 bits per heavy atom. The first kappa shape index (κ1) is 28.3. The number of esters is 1. The van der Waals surface area contributed by atoms with E-state index >= 15 is 0 Å². The number of hydrogen-bond donors (Lipinski definition) is 3. The van der Waals surface area contributed by atoms with Gasteiger partial charge in [-0.15, -0.1) is 0 Å². The first-order valence-corrected chi connectivity index (χ1v) is 11.9. The molecule has 3 N–H and O–H groups in total. The molecule has 0 radical (unpaired) electrons. The maximum Gasteiger partial charge on any atom is 0.343 e. The number of carbonyl (C=O) groups is 1. The Labute approximate surface area is 178 Å². The molecule has 0 aliphatic carbocycles. The van der Waals surface area contributed by atoms with Gasteiger partial charge in [0.2, 0.25) is 6.10 Å². The normalized spacial score (nSPS) is 12.9. The van der Waals surface area contributed by atoms with Crippen molar-refractivity contribution in [3.05, 3.63) is 0 Å². The summed E-state index contributed by atoms with van der Waals surface area (Å²) in [6.07, 6.45) is 16.1. The van der Waals surface area contributed by atoms with Crippen LogP contribution < -0.4 is 0 Å². The third-order valence-electron chi connectivity index (χ3n) is 5.09. The van der Waals surface area contributed by atoms with Crippen LogP contribution in [0, 0.1) is 0 Å². The van der Waals surface area contributed by atoms with Gasteiger partial charge in [0.15, 0.2) is 0 Å². The molecule has 0 spiro atoms. The molecule has 1 unspecified atom stereocenters. The molecule has 0 amide bonds. The van der Waals surface area contributed by atoms with Crippen LogP contribution in [0.2, 0.25) is 0 Å². The summed E-state index contributed by atoms with van der Waals surface area (Å²) in [5.74, 6) is -4.16. The number of hydrogen-bond acceptors (Lipinski definition) is 6. The van der Waals surface area contributed by atoms with Crippen molar-refractivity contribution >= 4 is 5.97 Å². The summed E-state index contributed by atoms with van der Waals surface area (Å²) in [5, 5.41) is 28.2. The van der Waals surface area contributed by atoms with Gasteiger partial charge in [0.1, 0.15) is 0 Å². The zero-order valence-corrected chi connectivity index (χ0v) is 18.9. The average molecular weight is 419 g/mol. The van der Waals surface area contributed by atoms with Crippen LogP contribution in [0.1, 0.15) is 117 Å². The fraction of sp³-hybridized carbons (Fsp3) is 0.957. The minimum absolute atomic E-state index is 0.177.